The molecular weight excluding hydrogens is 202 g/mol. The number of rotatable bonds is 3. The molecule has 0 unspecified atom stereocenters. The summed E-state index contributed by atoms with van der Waals surface area (Å²) in [6, 6.07) is 6.33. The van der Waals surface area contributed by atoms with Crippen molar-refractivity contribution in [2.24, 2.45) is 0 Å². The van der Waals surface area contributed by atoms with E-state index in [9.17, 15) is 0 Å². The Labute approximate surface area is 94.7 Å². The molecule has 1 aromatic heterocycles. The molecule has 0 fully saturated rings. The summed E-state index contributed by atoms with van der Waals surface area (Å²) in [4.78, 5) is 4.13. The molecular formula is C12H15N3O. The van der Waals surface area contributed by atoms with E-state index in [1.807, 2.05) is 6.92 Å². The van der Waals surface area contributed by atoms with Crippen molar-refractivity contribution in [3.05, 3.63) is 41.0 Å². The minimum Gasteiger partial charge on any atom is -0.376 e. The van der Waals surface area contributed by atoms with Gasteiger partial charge in [-0.25, -0.2) is 0 Å². The van der Waals surface area contributed by atoms with Crippen LogP contribution in [0, 0.1) is 20.8 Å². The van der Waals surface area contributed by atoms with Crippen molar-refractivity contribution < 1.29 is 4.52 Å². The maximum absolute atomic E-state index is 5.02. The maximum Gasteiger partial charge on any atom is 0.245 e. The first-order chi connectivity index (χ1) is 7.63. The smallest absolute Gasteiger partial charge is 0.245 e. The average molecular weight is 217 g/mol. The van der Waals surface area contributed by atoms with E-state index in [2.05, 4.69) is 47.5 Å². The van der Waals surface area contributed by atoms with Gasteiger partial charge in [-0.2, -0.15) is 4.98 Å². The highest BCUT2D eigenvalue weighted by molar-refractivity contribution is 5.48. The van der Waals surface area contributed by atoms with Gasteiger partial charge in [-0.15, -0.1) is 0 Å². The summed E-state index contributed by atoms with van der Waals surface area (Å²) in [7, 11) is 0. The molecule has 2 rings (SSSR count). The summed E-state index contributed by atoms with van der Waals surface area (Å²) in [5.74, 6) is 1.27. The Hall–Kier alpha value is -1.84. The van der Waals surface area contributed by atoms with Crippen LogP contribution in [0.1, 0.15) is 22.8 Å². The van der Waals surface area contributed by atoms with Gasteiger partial charge in [0.05, 0.1) is 6.54 Å². The molecule has 0 saturated carbocycles. The molecule has 4 heteroatoms. The van der Waals surface area contributed by atoms with E-state index in [4.69, 9.17) is 4.52 Å². The Balaban J connectivity index is 2.04. The third kappa shape index (κ3) is 2.59. The summed E-state index contributed by atoms with van der Waals surface area (Å²) in [6.07, 6.45) is 0. The van der Waals surface area contributed by atoms with Crippen LogP contribution in [0.4, 0.5) is 5.69 Å². The molecule has 0 aliphatic heterocycles. The Kier molecular flexibility index (Phi) is 2.90. The van der Waals surface area contributed by atoms with Gasteiger partial charge in [0.1, 0.15) is 0 Å². The quantitative estimate of drug-likeness (QED) is 0.858. The van der Waals surface area contributed by atoms with Crippen LogP contribution in [-0.2, 0) is 6.54 Å². The molecule has 1 N–H and O–H groups in total. The van der Waals surface area contributed by atoms with Crippen molar-refractivity contribution in [1.82, 2.24) is 10.1 Å². The molecule has 0 spiro atoms. The fourth-order valence-electron chi connectivity index (χ4n) is 1.67. The molecule has 0 atom stereocenters. The molecule has 84 valence electrons. The van der Waals surface area contributed by atoms with Crippen molar-refractivity contribution >= 4 is 5.69 Å². The molecule has 0 saturated heterocycles. The second-order valence-corrected chi connectivity index (χ2v) is 3.97. The topological polar surface area (TPSA) is 51.0 Å². The fraction of sp³-hybridized carbons (Fsp3) is 0.333. The van der Waals surface area contributed by atoms with E-state index in [0.29, 0.717) is 18.3 Å². The zero-order chi connectivity index (χ0) is 11.5. The monoisotopic (exact) mass is 217 g/mol. The Morgan fingerprint density at radius 1 is 1.12 bits per heavy atom. The number of nitrogens with zero attached hydrogens (tertiary/aromatic N) is 2. The highest BCUT2D eigenvalue weighted by atomic mass is 16.5. The van der Waals surface area contributed by atoms with Crippen LogP contribution >= 0.6 is 0 Å². The Morgan fingerprint density at radius 2 is 1.81 bits per heavy atom. The minimum absolute atomic E-state index is 0.559. The van der Waals surface area contributed by atoms with E-state index >= 15 is 0 Å². The third-order valence-electron chi connectivity index (χ3n) is 2.24. The van der Waals surface area contributed by atoms with E-state index in [1.165, 1.54) is 11.1 Å². The van der Waals surface area contributed by atoms with Crippen LogP contribution in [0.15, 0.2) is 22.7 Å². The normalized spacial score (nSPS) is 10.4. The Morgan fingerprint density at radius 3 is 2.38 bits per heavy atom. The number of anilines is 1. The highest BCUT2D eigenvalue weighted by Gasteiger charge is 2.02. The lowest BCUT2D eigenvalue weighted by atomic mass is 10.1. The zero-order valence-corrected chi connectivity index (χ0v) is 9.74. The van der Waals surface area contributed by atoms with Gasteiger partial charge in [-0.05, 0) is 44.0 Å². The van der Waals surface area contributed by atoms with Crippen LogP contribution in [0.25, 0.3) is 0 Å². The molecule has 1 heterocycles. The fourth-order valence-corrected chi connectivity index (χ4v) is 1.67. The first-order valence-corrected chi connectivity index (χ1v) is 5.25. The van der Waals surface area contributed by atoms with Crippen LogP contribution in [0.5, 0.6) is 0 Å². The van der Waals surface area contributed by atoms with Gasteiger partial charge in [0.15, 0.2) is 5.82 Å². The molecule has 4 nitrogen and oxygen atoms in total. The van der Waals surface area contributed by atoms with Gasteiger partial charge in [0.2, 0.25) is 5.89 Å². The maximum atomic E-state index is 5.02. The van der Waals surface area contributed by atoms with Crippen LogP contribution in [-0.4, -0.2) is 10.1 Å². The standard InChI is InChI=1S/C12H15N3O/c1-8-4-9(2)6-11(5-8)13-7-12-14-10(3)15-16-12/h4-6,13H,7H2,1-3H3. The van der Waals surface area contributed by atoms with Gasteiger partial charge in [-0.1, -0.05) is 11.2 Å². The van der Waals surface area contributed by atoms with E-state index < -0.39 is 0 Å². The lowest BCUT2D eigenvalue weighted by Gasteiger charge is -2.05. The number of hydrogen-bond acceptors (Lipinski definition) is 4. The average Bonchev–Trinajstić information content (AvgIpc) is 2.60. The summed E-state index contributed by atoms with van der Waals surface area (Å²) in [5, 5.41) is 7.00. The number of nitrogens with one attached hydrogen (secondary N) is 1. The van der Waals surface area contributed by atoms with E-state index in [0.717, 1.165) is 5.69 Å². The lowest BCUT2D eigenvalue weighted by Crippen LogP contribution is -2.00. The number of aromatic nitrogens is 2. The number of hydrogen-bond donors (Lipinski definition) is 1. The third-order valence-corrected chi connectivity index (χ3v) is 2.24. The van der Waals surface area contributed by atoms with Gasteiger partial charge in [0, 0.05) is 5.69 Å². The van der Waals surface area contributed by atoms with Crippen LogP contribution < -0.4 is 5.32 Å². The first-order valence-electron chi connectivity index (χ1n) is 5.25. The molecule has 0 bridgehead atoms. The van der Waals surface area contributed by atoms with Gasteiger partial charge in [0.25, 0.3) is 0 Å². The molecule has 1 aromatic carbocycles. The second kappa shape index (κ2) is 4.35. The lowest BCUT2D eigenvalue weighted by molar-refractivity contribution is 0.379. The van der Waals surface area contributed by atoms with Crippen molar-refractivity contribution in [3.63, 3.8) is 0 Å². The summed E-state index contributed by atoms with van der Waals surface area (Å²) < 4.78 is 5.02. The molecule has 2 aromatic rings. The SMILES string of the molecule is Cc1cc(C)cc(NCc2nc(C)no2)c1. The van der Waals surface area contributed by atoms with Crippen LogP contribution in [0.2, 0.25) is 0 Å². The van der Waals surface area contributed by atoms with Crippen LogP contribution in [0.3, 0.4) is 0 Å². The second-order valence-electron chi connectivity index (χ2n) is 3.97. The molecule has 0 amide bonds. The molecule has 0 radical (unpaired) electrons. The number of aryl methyl sites for hydroxylation is 3. The first kappa shape index (κ1) is 10.7. The van der Waals surface area contributed by atoms with Crippen molar-refractivity contribution in [3.8, 4) is 0 Å². The molecule has 16 heavy (non-hydrogen) atoms. The van der Waals surface area contributed by atoms with Crippen molar-refractivity contribution in [2.45, 2.75) is 27.3 Å². The van der Waals surface area contributed by atoms with Gasteiger partial charge in [-0.3, -0.25) is 0 Å². The number of benzene rings is 1. The minimum atomic E-state index is 0.559. The van der Waals surface area contributed by atoms with E-state index in [-0.39, 0.29) is 0 Å². The summed E-state index contributed by atoms with van der Waals surface area (Å²) in [5.41, 5.74) is 3.56. The highest BCUT2D eigenvalue weighted by Crippen LogP contribution is 2.14. The van der Waals surface area contributed by atoms with Crippen molar-refractivity contribution in [2.75, 3.05) is 5.32 Å². The van der Waals surface area contributed by atoms with E-state index in [1.54, 1.807) is 0 Å². The summed E-state index contributed by atoms with van der Waals surface area (Å²) in [6.45, 7) is 6.53. The van der Waals surface area contributed by atoms with Gasteiger partial charge < -0.3 is 9.84 Å². The summed E-state index contributed by atoms with van der Waals surface area (Å²) >= 11 is 0. The molecule has 0 aliphatic rings. The zero-order valence-electron chi connectivity index (χ0n) is 9.74. The predicted molar refractivity (Wildman–Crippen MR) is 62.3 cm³/mol. The molecule has 0 aliphatic carbocycles. The Bertz CT molecular complexity index is 471. The predicted octanol–water partition coefficient (Wildman–Crippen LogP) is 2.61. The van der Waals surface area contributed by atoms with Gasteiger partial charge >= 0.3 is 0 Å². The van der Waals surface area contributed by atoms with Crippen molar-refractivity contribution in [1.29, 1.82) is 0 Å². The largest absolute Gasteiger partial charge is 0.376 e.